The Morgan fingerprint density at radius 1 is 1.36 bits per heavy atom. The summed E-state index contributed by atoms with van der Waals surface area (Å²) in [6, 6.07) is 0. The van der Waals surface area contributed by atoms with Crippen molar-refractivity contribution in [2.24, 2.45) is 23.0 Å². The van der Waals surface area contributed by atoms with Gasteiger partial charge >= 0.3 is 5.97 Å². The molecule has 0 rings (SSSR count). The van der Waals surface area contributed by atoms with Crippen LogP contribution in [0.5, 0.6) is 0 Å². The molecule has 0 aromatic carbocycles. The predicted molar refractivity (Wildman–Crippen MR) is 57.5 cm³/mol. The molecular formula is C11H23NO2. The Hall–Kier alpha value is -0.570. The fraction of sp³-hybridized carbons (Fsp3) is 0.909. The Labute approximate surface area is 87.0 Å². The molecule has 1 unspecified atom stereocenters. The van der Waals surface area contributed by atoms with Crippen LogP contribution in [0.15, 0.2) is 0 Å². The van der Waals surface area contributed by atoms with Crippen molar-refractivity contribution in [2.45, 2.75) is 41.0 Å². The van der Waals surface area contributed by atoms with Crippen LogP contribution >= 0.6 is 0 Å². The second-order valence-electron chi connectivity index (χ2n) is 4.77. The van der Waals surface area contributed by atoms with Gasteiger partial charge in [-0.15, -0.1) is 0 Å². The van der Waals surface area contributed by atoms with Crippen molar-refractivity contribution in [3.05, 3.63) is 0 Å². The molecule has 0 saturated carbocycles. The quantitative estimate of drug-likeness (QED) is 0.547. The number of hydrogen-bond donors (Lipinski definition) is 1. The van der Waals surface area contributed by atoms with E-state index >= 15 is 0 Å². The predicted octanol–water partition coefficient (Wildman–Crippen LogP) is 2.15. The Kier molecular flexibility index (Phi) is 5.13. The third kappa shape index (κ3) is 3.29. The maximum Gasteiger partial charge on any atom is 0.313 e. The zero-order valence-electron chi connectivity index (χ0n) is 9.96. The van der Waals surface area contributed by atoms with E-state index in [0.29, 0.717) is 5.92 Å². The Bertz CT molecular complexity index is 190. The number of ether oxygens (including phenoxy) is 1. The number of carbonyl (C=O) groups is 1. The molecule has 0 aliphatic heterocycles. The van der Waals surface area contributed by atoms with Crippen molar-refractivity contribution in [2.75, 3.05) is 6.73 Å². The summed E-state index contributed by atoms with van der Waals surface area (Å²) in [5.74, 6) is 0.570. The molecule has 0 fully saturated rings. The highest BCUT2D eigenvalue weighted by Gasteiger charge is 2.38. The molecule has 3 nitrogen and oxygen atoms in total. The van der Waals surface area contributed by atoms with E-state index in [2.05, 4.69) is 13.8 Å². The minimum Gasteiger partial charge on any atom is -0.450 e. The van der Waals surface area contributed by atoms with Crippen molar-refractivity contribution >= 4 is 5.97 Å². The molecule has 0 radical (unpaired) electrons. The largest absolute Gasteiger partial charge is 0.450 e. The van der Waals surface area contributed by atoms with E-state index in [9.17, 15) is 4.79 Å². The maximum absolute atomic E-state index is 11.7. The molecule has 0 aromatic heterocycles. The van der Waals surface area contributed by atoms with Gasteiger partial charge in [0.1, 0.15) is 6.73 Å². The van der Waals surface area contributed by atoms with Crippen molar-refractivity contribution in [1.82, 2.24) is 0 Å². The normalized spacial score (nSPS) is 15.7. The number of carbonyl (C=O) groups excluding carboxylic acids is 1. The highest BCUT2D eigenvalue weighted by molar-refractivity contribution is 5.76. The standard InChI is InChI=1S/C11H23NO2/c1-8(2)6-11(5,9(3)4)10(13)14-7-12/h8-9H,6-7,12H2,1-5H3. The van der Waals surface area contributed by atoms with Crippen molar-refractivity contribution < 1.29 is 9.53 Å². The first-order chi connectivity index (χ1) is 6.34. The highest BCUT2D eigenvalue weighted by Crippen LogP contribution is 2.35. The lowest BCUT2D eigenvalue weighted by atomic mass is 9.73. The summed E-state index contributed by atoms with van der Waals surface area (Å²) in [6.07, 6.45) is 0.837. The number of rotatable bonds is 5. The molecule has 0 aromatic rings. The van der Waals surface area contributed by atoms with E-state index in [1.165, 1.54) is 0 Å². The summed E-state index contributed by atoms with van der Waals surface area (Å²) in [6.45, 7) is 10.2. The Morgan fingerprint density at radius 3 is 2.14 bits per heavy atom. The zero-order chi connectivity index (χ0) is 11.4. The van der Waals surface area contributed by atoms with Crippen LogP contribution in [-0.2, 0) is 9.53 Å². The number of esters is 1. The topological polar surface area (TPSA) is 52.3 Å². The molecule has 0 saturated heterocycles. The smallest absolute Gasteiger partial charge is 0.313 e. The van der Waals surface area contributed by atoms with Gasteiger partial charge in [-0.1, -0.05) is 27.7 Å². The molecule has 0 heterocycles. The molecule has 0 aliphatic carbocycles. The fourth-order valence-electron chi connectivity index (χ4n) is 1.64. The van der Waals surface area contributed by atoms with E-state index in [1.54, 1.807) is 0 Å². The Balaban J connectivity index is 4.62. The molecular weight excluding hydrogens is 178 g/mol. The van der Waals surface area contributed by atoms with Gasteiger partial charge in [-0.25, -0.2) is 0 Å². The van der Waals surface area contributed by atoms with Crippen LogP contribution in [-0.4, -0.2) is 12.7 Å². The van der Waals surface area contributed by atoms with Crippen LogP contribution in [0.2, 0.25) is 0 Å². The molecule has 3 heteroatoms. The van der Waals surface area contributed by atoms with Gasteiger partial charge < -0.3 is 4.74 Å². The van der Waals surface area contributed by atoms with Crippen LogP contribution < -0.4 is 5.73 Å². The fourth-order valence-corrected chi connectivity index (χ4v) is 1.64. The van der Waals surface area contributed by atoms with Gasteiger partial charge in [0.05, 0.1) is 5.41 Å². The third-order valence-electron chi connectivity index (χ3n) is 2.79. The molecule has 14 heavy (non-hydrogen) atoms. The average molecular weight is 201 g/mol. The lowest BCUT2D eigenvalue weighted by Gasteiger charge is -2.32. The average Bonchev–Trinajstić information content (AvgIpc) is 2.02. The van der Waals surface area contributed by atoms with Crippen LogP contribution in [0.1, 0.15) is 41.0 Å². The van der Waals surface area contributed by atoms with E-state index in [1.807, 2.05) is 20.8 Å². The van der Waals surface area contributed by atoms with Crippen molar-refractivity contribution in [3.63, 3.8) is 0 Å². The molecule has 2 N–H and O–H groups in total. The minimum atomic E-state index is -0.409. The lowest BCUT2D eigenvalue weighted by molar-refractivity contribution is -0.158. The van der Waals surface area contributed by atoms with Crippen LogP contribution in [0, 0.1) is 17.3 Å². The van der Waals surface area contributed by atoms with Gasteiger partial charge in [-0.2, -0.15) is 0 Å². The first-order valence-corrected chi connectivity index (χ1v) is 5.22. The highest BCUT2D eigenvalue weighted by atomic mass is 16.5. The minimum absolute atomic E-state index is 0.0285. The third-order valence-corrected chi connectivity index (χ3v) is 2.79. The lowest BCUT2D eigenvalue weighted by Crippen LogP contribution is -2.37. The Morgan fingerprint density at radius 2 is 1.86 bits per heavy atom. The van der Waals surface area contributed by atoms with E-state index in [-0.39, 0.29) is 18.6 Å². The first kappa shape index (κ1) is 13.4. The van der Waals surface area contributed by atoms with Crippen LogP contribution in [0.3, 0.4) is 0 Å². The molecule has 84 valence electrons. The zero-order valence-corrected chi connectivity index (χ0v) is 9.96. The van der Waals surface area contributed by atoms with Crippen molar-refractivity contribution in [3.8, 4) is 0 Å². The molecule has 1 atom stereocenters. The van der Waals surface area contributed by atoms with Crippen LogP contribution in [0.4, 0.5) is 0 Å². The second kappa shape index (κ2) is 5.35. The van der Waals surface area contributed by atoms with Gasteiger partial charge in [0.25, 0.3) is 0 Å². The van der Waals surface area contributed by atoms with Gasteiger partial charge in [0.15, 0.2) is 0 Å². The van der Waals surface area contributed by atoms with Gasteiger partial charge in [-0.3, -0.25) is 10.5 Å². The number of nitrogens with two attached hydrogens (primary N) is 1. The molecule has 0 aliphatic rings. The summed E-state index contributed by atoms with van der Waals surface area (Å²) >= 11 is 0. The van der Waals surface area contributed by atoms with E-state index in [0.717, 1.165) is 6.42 Å². The SMILES string of the molecule is CC(C)CC(C)(C(=O)OCN)C(C)C. The van der Waals surface area contributed by atoms with E-state index in [4.69, 9.17) is 10.5 Å². The first-order valence-electron chi connectivity index (χ1n) is 5.22. The summed E-state index contributed by atoms with van der Waals surface area (Å²) < 4.78 is 4.91. The van der Waals surface area contributed by atoms with Gasteiger partial charge in [0, 0.05) is 0 Å². The van der Waals surface area contributed by atoms with Gasteiger partial charge in [-0.05, 0) is 25.2 Å². The van der Waals surface area contributed by atoms with E-state index < -0.39 is 5.41 Å². The summed E-state index contributed by atoms with van der Waals surface area (Å²) in [4.78, 5) is 11.7. The summed E-state index contributed by atoms with van der Waals surface area (Å²) in [5, 5.41) is 0. The summed E-state index contributed by atoms with van der Waals surface area (Å²) in [7, 11) is 0. The maximum atomic E-state index is 11.7. The monoisotopic (exact) mass is 201 g/mol. The molecule has 0 bridgehead atoms. The molecule has 0 amide bonds. The number of hydrogen-bond acceptors (Lipinski definition) is 3. The summed E-state index contributed by atoms with van der Waals surface area (Å²) in [5.41, 5.74) is 4.80. The second-order valence-corrected chi connectivity index (χ2v) is 4.77. The van der Waals surface area contributed by atoms with Crippen LogP contribution in [0.25, 0.3) is 0 Å². The molecule has 0 spiro atoms. The van der Waals surface area contributed by atoms with Gasteiger partial charge in [0.2, 0.25) is 0 Å². The van der Waals surface area contributed by atoms with Crippen molar-refractivity contribution in [1.29, 1.82) is 0 Å².